The van der Waals surface area contributed by atoms with E-state index in [1.54, 1.807) is 6.92 Å². The van der Waals surface area contributed by atoms with Gasteiger partial charge in [-0.3, -0.25) is 19.2 Å². The van der Waals surface area contributed by atoms with Crippen LogP contribution in [0.3, 0.4) is 0 Å². The number of pyridine rings is 1. The van der Waals surface area contributed by atoms with Gasteiger partial charge in [0.2, 0.25) is 0 Å². The van der Waals surface area contributed by atoms with Crippen LogP contribution in [0.4, 0.5) is 0 Å². The van der Waals surface area contributed by atoms with Gasteiger partial charge < -0.3 is 20.5 Å². The second kappa shape index (κ2) is 12.3. The number of carbonyl (C=O) groups excluding carboxylic acids is 4. The van der Waals surface area contributed by atoms with E-state index >= 15 is 0 Å². The number of hydrogen-bond acceptors (Lipinski definition) is 9. The Balaban J connectivity index is 1.62. The Morgan fingerprint density at radius 2 is 1.68 bits per heavy atom. The van der Waals surface area contributed by atoms with Crippen molar-refractivity contribution in [3.8, 4) is 5.75 Å². The summed E-state index contributed by atoms with van der Waals surface area (Å²) in [5.41, 5.74) is -0.501. The molecule has 0 atom stereocenters. The van der Waals surface area contributed by atoms with E-state index in [1.807, 2.05) is 4.72 Å². The first-order valence-electron chi connectivity index (χ1n) is 11.7. The Labute approximate surface area is 213 Å². The molecular weight excluding hydrogens is 504 g/mol. The highest BCUT2D eigenvalue weighted by molar-refractivity contribution is 7.90. The number of esters is 1. The Kier molecular flexibility index (Phi) is 9.17. The quantitative estimate of drug-likeness (QED) is 0.346. The van der Waals surface area contributed by atoms with Gasteiger partial charge in [-0.15, -0.1) is 0 Å². The van der Waals surface area contributed by atoms with Crippen molar-refractivity contribution in [2.24, 2.45) is 0 Å². The van der Waals surface area contributed by atoms with Crippen LogP contribution in [0.2, 0.25) is 0 Å². The minimum absolute atomic E-state index is 0.101. The smallest absolute Gasteiger partial charge is 0.325 e. The zero-order valence-electron chi connectivity index (χ0n) is 20.2. The van der Waals surface area contributed by atoms with Crippen LogP contribution in [0, 0.1) is 0 Å². The number of carbonyl (C=O) groups is 4. The molecule has 1 fully saturated rings. The molecule has 1 aliphatic rings. The lowest BCUT2D eigenvalue weighted by Crippen LogP contribution is -2.36. The number of nitrogens with one attached hydrogen (secondary N) is 3. The summed E-state index contributed by atoms with van der Waals surface area (Å²) in [5, 5.41) is 15.2. The molecule has 12 nitrogen and oxygen atoms in total. The van der Waals surface area contributed by atoms with Gasteiger partial charge in [0.15, 0.2) is 5.69 Å². The lowest BCUT2D eigenvalue weighted by Gasteiger charge is -2.22. The highest BCUT2D eigenvalue weighted by atomic mass is 32.2. The molecule has 1 aromatic carbocycles. The molecule has 0 radical (unpaired) electrons. The van der Waals surface area contributed by atoms with E-state index in [4.69, 9.17) is 0 Å². The fourth-order valence-corrected chi connectivity index (χ4v) is 4.72. The van der Waals surface area contributed by atoms with Gasteiger partial charge in [-0.25, -0.2) is 18.1 Å². The number of amides is 3. The maximum Gasteiger partial charge on any atom is 0.325 e. The van der Waals surface area contributed by atoms with Crippen LogP contribution in [0.5, 0.6) is 5.75 Å². The molecule has 0 unspecified atom stereocenters. The molecule has 0 bridgehead atoms. The molecule has 1 saturated carbocycles. The molecule has 4 N–H and O–H groups in total. The minimum atomic E-state index is -4.31. The predicted molar refractivity (Wildman–Crippen MR) is 130 cm³/mol. The van der Waals surface area contributed by atoms with E-state index < -0.39 is 45.8 Å². The van der Waals surface area contributed by atoms with Crippen molar-refractivity contribution < 1.29 is 37.4 Å². The maximum atomic E-state index is 12.7. The van der Waals surface area contributed by atoms with Crippen LogP contribution in [0.1, 0.15) is 70.2 Å². The number of sulfonamides is 1. The Morgan fingerprint density at radius 3 is 2.30 bits per heavy atom. The molecule has 3 rings (SSSR count). The molecule has 198 valence electrons. The molecule has 1 heterocycles. The van der Waals surface area contributed by atoms with Gasteiger partial charge in [0.1, 0.15) is 12.3 Å². The fourth-order valence-electron chi connectivity index (χ4n) is 3.74. The van der Waals surface area contributed by atoms with E-state index in [2.05, 4.69) is 20.4 Å². The Hall–Kier alpha value is -4.00. The summed E-state index contributed by atoms with van der Waals surface area (Å²) in [5.74, 6) is -3.67. The Morgan fingerprint density at radius 1 is 1.00 bits per heavy atom. The lowest BCUT2D eigenvalue weighted by atomic mass is 9.95. The van der Waals surface area contributed by atoms with E-state index in [-0.39, 0.29) is 29.0 Å². The summed E-state index contributed by atoms with van der Waals surface area (Å²) < 4.78 is 31.8. The fraction of sp³-hybridized carbons (Fsp3) is 0.375. The topological polar surface area (TPSA) is 181 Å². The number of nitrogens with zero attached hydrogens (tertiary/aromatic N) is 1. The van der Waals surface area contributed by atoms with Gasteiger partial charge in [0, 0.05) is 17.8 Å². The number of aromatic nitrogens is 1. The molecule has 37 heavy (non-hydrogen) atoms. The van der Waals surface area contributed by atoms with Crippen molar-refractivity contribution in [1.29, 1.82) is 0 Å². The molecule has 1 aromatic heterocycles. The molecule has 0 spiro atoms. The number of rotatable bonds is 9. The molecule has 2 aromatic rings. The van der Waals surface area contributed by atoms with E-state index in [0.29, 0.717) is 5.56 Å². The third-order valence-electron chi connectivity index (χ3n) is 5.64. The molecule has 1 aliphatic carbocycles. The van der Waals surface area contributed by atoms with Gasteiger partial charge in [0.25, 0.3) is 27.7 Å². The van der Waals surface area contributed by atoms with Crippen molar-refractivity contribution in [2.45, 2.75) is 50.0 Å². The summed E-state index contributed by atoms with van der Waals surface area (Å²) >= 11 is 0. The van der Waals surface area contributed by atoms with Crippen molar-refractivity contribution in [1.82, 2.24) is 20.3 Å². The van der Waals surface area contributed by atoms with E-state index in [9.17, 15) is 32.7 Å². The first kappa shape index (κ1) is 27.6. The van der Waals surface area contributed by atoms with Gasteiger partial charge in [-0.05, 0) is 50.1 Å². The van der Waals surface area contributed by atoms with Crippen LogP contribution in [0.15, 0.2) is 41.4 Å². The third kappa shape index (κ3) is 7.49. The predicted octanol–water partition coefficient (Wildman–Crippen LogP) is 1.26. The summed E-state index contributed by atoms with van der Waals surface area (Å²) in [6.45, 7) is 1.28. The van der Waals surface area contributed by atoms with Crippen molar-refractivity contribution in [2.75, 3.05) is 13.2 Å². The van der Waals surface area contributed by atoms with Gasteiger partial charge in [-0.1, -0.05) is 19.3 Å². The second-order valence-electron chi connectivity index (χ2n) is 8.35. The SMILES string of the molecule is CCOC(=O)CNC(=O)c1ncc(C(=O)NS(=O)(=O)c2ccc(C(=O)NC3CCCCC3)cc2)cc1O. The number of hydrogen-bond donors (Lipinski definition) is 4. The number of aromatic hydroxyl groups is 1. The monoisotopic (exact) mass is 532 g/mol. The summed E-state index contributed by atoms with van der Waals surface area (Å²) in [6.07, 6.45) is 5.99. The third-order valence-corrected chi connectivity index (χ3v) is 6.98. The first-order chi connectivity index (χ1) is 17.6. The van der Waals surface area contributed by atoms with E-state index in [0.717, 1.165) is 44.4 Å². The number of ether oxygens (including phenoxy) is 1. The zero-order valence-corrected chi connectivity index (χ0v) is 21.0. The van der Waals surface area contributed by atoms with Crippen LogP contribution in [0.25, 0.3) is 0 Å². The summed E-state index contributed by atoms with van der Waals surface area (Å²) in [6, 6.07) is 6.10. The van der Waals surface area contributed by atoms with Crippen LogP contribution in [-0.2, 0) is 19.6 Å². The lowest BCUT2D eigenvalue weighted by molar-refractivity contribution is -0.141. The second-order valence-corrected chi connectivity index (χ2v) is 10.0. The van der Waals surface area contributed by atoms with Crippen LogP contribution >= 0.6 is 0 Å². The molecule has 0 aliphatic heterocycles. The standard InChI is InChI=1S/C24H28N4O8S/c1-2-36-20(30)14-26-24(33)21-19(29)12-16(13-25-21)23(32)28-37(34,35)18-10-8-15(9-11-18)22(31)27-17-6-4-3-5-7-17/h8-13,17,29H,2-7,14H2,1H3,(H,26,33)(H,27,31)(H,28,32). The average Bonchev–Trinajstić information content (AvgIpc) is 2.87. The van der Waals surface area contributed by atoms with Gasteiger partial charge in [0.05, 0.1) is 17.1 Å². The summed E-state index contributed by atoms with van der Waals surface area (Å²) in [4.78, 5) is 51.8. The molecule has 3 amide bonds. The van der Waals surface area contributed by atoms with Crippen molar-refractivity contribution >= 4 is 33.7 Å². The van der Waals surface area contributed by atoms with Crippen LogP contribution < -0.4 is 15.4 Å². The highest BCUT2D eigenvalue weighted by Gasteiger charge is 2.23. The van der Waals surface area contributed by atoms with Gasteiger partial charge >= 0.3 is 5.97 Å². The molecular formula is C24H28N4O8S. The largest absolute Gasteiger partial charge is 0.505 e. The van der Waals surface area contributed by atoms with Crippen LogP contribution in [-0.4, -0.2) is 61.4 Å². The average molecular weight is 533 g/mol. The zero-order chi connectivity index (χ0) is 27.0. The van der Waals surface area contributed by atoms with Crippen molar-refractivity contribution in [3.05, 3.63) is 53.3 Å². The molecule has 0 saturated heterocycles. The molecule has 13 heteroatoms. The highest BCUT2D eigenvalue weighted by Crippen LogP contribution is 2.19. The number of benzene rings is 1. The Bertz CT molecular complexity index is 1270. The van der Waals surface area contributed by atoms with Gasteiger partial charge in [-0.2, -0.15) is 0 Å². The maximum absolute atomic E-state index is 12.7. The minimum Gasteiger partial charge on any atom is -0.505 e. The summed E-state index contributed by atoms with van der Waals surface area (Å²) in [7, 11) is -4.31. The normalized spacial score (nSPS) is 13.9. The van der Waals surface area contributed by atoms with E-state index in [1.165, 1.54) is 24.3 Å². The first-order valence-corrected chi connectivity index (χ1v) is 13.2. The van der Waals surface area contributed by atoms with Crippen molar-refractivity contribution in [3.63, 3.8) is 0 Å².